The number of nitrogens with one attached hydrogen (secondary N) is 1. The normalized spacial score (nSPS) is 28.4. The van der Waals surface area contributed by atoms with Crippen molar-refractivity contribution in [1.82, 2.24) is 15.2 Å². The van der Waals surface area contributed by atoms with Gasteiger partial charge in [-0.05, 0) is 37.8 Å². The molecule has 6 nitrogen and oxygen atoms in total. The van der Waals surface area contributed by atoms with Crippen molar-refractivity contribution >= 4 is 17.6 Å². The minimum Gasteiger partial charge on any atom is -0.337 e. The fourth-order valence-electron chi connectivity index (χ4n) is 4.93. The Kier molecular flexibility index (Phi) is 3.82. The Morgan fingerprint density at radius 2 is 1.96 bits per heavy atom. The number of amides is 2. The van der Waals surface area contributed by atoms with Crippen LogP contribution in [0.25, 0.3) is 0 Å². The number of benzene rings is 1. The number of carbonyl (C=O) groups is 2. The molecule has 2 aliphatic heterocycles. The van der Waals surface area contributed by atoms with E-state index in [0.29, 0.717) is 30.5 Å². The lowest BCUT2D eigenvalue weighted by Gasteiger charge is -2.25. The van der Waals surface area contributed by atoms with Crippen molar-refractivity contribution in [3.05, 3.63) is 65.5 Å². The Morgan fingerprint density at radius 1 is 1.14 bits per heavy atom. The van der Waals surface area contributed by atoms with Crippen molar-refractivity contribution in [3.8, 4) is 0 Å². The Labute approximate surface area is 163 Å². The third-order valence-corrected chi connectivity index (χ3v) is 6.33. The third-order valence-electron chi connectivity index (χ3n) is 6.33. The summed E-state index contributed by atoms with van der Waals surface area (Å²) < 4.78 is 0. The van der Waals surface area contributed by atoms with Crippen LogP contribution < -0.4 is 5.32 Å². The Hall–Kier alpha value is -3.02. The number of aromatic nitrogens is 1. The predicted molar refractivity (Wildman–Crippen MR) is 105 cm³/mol. The molecule has 1 aromatic heterocycles. The van der Waals surface area contributed by atoms with Crippen molar-refractivity contribution in [3.63, 3.8) is 0 Å². The van der Waals surface area contributed by atoms with Crippen molar-refractivity contribution in [2.24, 2.45) is 16.8 Å². The number of likely N-dealkylation sites (tertiary alicyclic amines) is 1. The van der Waals surface area contributed by atoms with E-state index in [4.69, 9.17) is 4.99 Å². The van der Waals surface area contributed by atoms with Crippen molar-refractivity contribution in [2.75, 3.05) is 13.1 Å². The number of rotatable bonds is 2. The molecule has 2 fully saturated rings. The molecule has 3 aliphatic rings. The maximum absolute atomic E-state index is 13.0. The minimum atomic E-state index is -0.745. The maximum Gasteiger partial charge on any atom is 0.272 e. The fourth-order valence-corrected chi connectivity index (χ4v) is 4.93. The number of aryl methyl sites for hydroxylation is 1. The van der Waals surface area contributed by atoms with Crippen molar-refractivity contribution < 1.29 is 9.59 Å². The van der Waals surface area contributed by atoms with Crippen LogP contribution in [0, 0.1) is 18.8 Å². The largest absolute Gasteiger partial charge is 0.337 e. The molecule has 28 heavy (non-hydrogen) atoms. The second-order valence-electron chi connectivity index (χ2n) is 7.98. The molecule has 3 heterocycles. The number of aliphatic imine (C=N–C) groups is 1. The first kappa shape index (κ1) is 17.1. The molecule has 0 bridgehead atoms. The van der Waals surface area contributed by atoms with Gasteiger partial charge in [0.2, 0.25) is 0 Å². The highest BCUT2D eigenvalue weighted by atomic mass is 16.2. The lowest BCUT2D eigenvalue weighted by atomic mass is 9.85. The fraction of sp³-hybridized carbons (Fsp3) is 0.364. The van der Waals surface area contributed by atoms with Crippen LogP contribution in [0.15, 0.2) is 53.5 Å². The van der Waals surface area contributed by atoms with Gasteiger partial charge in [-0.2, -0.15) is 0 Å². The summed E-state index contributed by atoms with van der Waals surface area (Å²) in [4.78, 5) is 37.0. The summed E-state index contributed by atoms with van der Waals surface area (Å²) in [5.74, 6) is 0.929. The maximum atomic E-state index is 13.0. The molecule has 0 radical (unpaired) electrons. The smallest absolute Gasteiger partial charge is 0.272 e. The van der Waals surface area contributed by atoms with Crippen LogP contribution in [-0.2, 0) is 4.79 Å². The lowest BCUT2D eigenvalue weighted by Crippen LogP contribution is -2.45. The summed E-state index contributed by atoms with van der Waals surface area (Å²) in [6.07, 6.45) is 1.66. The van der Waals surface area contributed by atoms with Crippen LogP contribution in [0.5, 0.6) is 0 Å². The first-order chi connectivity index (χ1) is 13.6. The number of fused-ring (bicyclic) bond motifs is 2. The molecule has 1 N–H and O–H groups in total. The van der Waals surface area contributed by atoms with Gasteiger partial charge in [-0.25, -0.2) is 4.98 Å². The number of nitrogens with zero attached hydrogens (tertiary/aromatic N) is 3. The first-order valence-electron chi connectivity index (χ1n) is 9.76. The van der Waals surface area contributed by atoms with E-state index >= 15 is 0 Å². The highest BCUT2D eigenvalue weighted by Crippen LogP contribution is 2.49. The quantitative estimate of drug-likeness (QED) is 0.876. The van der Waals surface area contributed by atoms with Gasteiger partial charge in [0.05, 0.1) is 0 Å². The molecule has 1 aromatic carbocycles. The van der Waals surface area contributed by atoms with Gasteiger partial charge in [0, 0.05) is 30.3 Å². The lowest BCUT2D eigenvalue weighted by molar-refractivity contribution is -0.124. The van der Waals surface area contributed by atoms with Gasteiger partial charge in [0.15, 0.2) is 0 Å². The minimum absolute atomic E-state index is 0.0261. The number of hydrogen-bond donors (Lipinski definition) is 1. The van der Waals surface area contributed by atoms with Crippen molar-refractivity contribution in [1.29, 1.82) is 0 Å². The summed E-state index contributed by atoms with van der Waals surface area (Å²) >= 11 is 0. The molecule has 0 unspecified atom stereocenters. The third kappa shape index (κ3) is 2.55. The number of pyridine rings is 1. The zero-order chi connectivity index (χ0) is 19.3. The Bertz CT molecular complexity index is 987. The number of hydrogen-bond acceptors (Lipinski definition) is 4. The van der Waals surface area contributed by atoms with Gasteiger partial charge < -0.3 is 10.2 Å². The SMILES string of the molecule is Cc1cccc(C(=O)N2C[C@H]3CC[C@@]4(N=C(c5ccccc5)NC4=O)[C@H]3C2)n1. The van der Waals surface area contributed by atoms with E-state index in [2.05, 4.69) is 10.3 Å². The molecule has 142 valence electrons. The van der Waals surface area contributed by atoms with Crippen LogP contribution >= 0.6 is 0 Å². The molecule has 1 aliphatic carbocycles. The van der Waals surface area contributed by atoms with Gasteiger partial charge in [-0.15, -0.1) is 0 Å². The van der Waals surface area contributed by atoms with E-state index in [1.807, 2.05) is 54.3 Å². The van der Waals surface area contributed by atoms with Crippen LogP contribution in [0.2, 0.25) is 0 Å². The van der Waals surface area contributed by atoms with Gasteiger partial charge in [0.1, 0.15) is 17.1 Å². The molecule has 2 amide bonds. The van der Waals surface area contributed by atoms with Crippen LogP contribution in [-0.4, -0.2) is 46.2 Å². The molecule has 1 saturated heterocycles. The van der Waals surface area contributed by atoms with E-state index in [0.717, 1.165) is 24.1 Å². The summed E-state index contributed by atoms with van der Waals surface area (Å²) in [6.45, 7) is 3.11. The predicted octanol–water partition coefficient (Wildman–Crippen LogP) is 2.19. The summed E-state index contributed by atoms with van der Waals surface area (Å²) in [5, 5.41) is 2.99. The zero-order valence-corrected chi connectivity index (χ0v) is 15.8. The number of carbonyl (C=O) groups excluding carboxylic acids is 2. The van der Waals surface area contributed by atoms with E-state index in [-0.39, 0.29) is 17.7 Å². The monoisotopic (exact) mass is 374 g/mol. The highest BCUT2D eigenvalue weighted by molar-refractivity contribution is 6.15. The van der Waals surface area contributed by atoms with Gasteiger partial charge in [-0.1, -0.05) is 36.4 Å². The first-order valence-corrected chi connectivity index (χ1v) is 9.76. The summed E-state index contributed by atoms with van der Waals surface area (Å²) in [7, 11) is 0. The summed E-state index contributed by atoms with van der Waals surface area (Å²) in [5.41, 5.74) is 1.48. The van der Waals surface area contributed by atoms with E-state index in [1.54, 1.807) is 6.07 Å². The zero-order valence-electron chi connectivity index (χ0n) is 15.8. The Morgan fingerprint density at radius 3 is 2.75 bits per heavy atom. The standard InChI is InChI=1S/C22H22N4O2/c1-14-6-5-9-18(23-14)20(27)26-12-16-10-11-22(17(16)13-26)21(28)24-19(25-22)15-7-3-2-4-8-15/h2-9,16-17H,10-13H2,1H3,(H,24,25,28)/t16-,17+,22-/m1/s1. The average molecular weight is 374 g/mol. The van der Waals surface area contributed by atoms with E-state index < -0.39 is 5.54 Å². The second kappa shape index (κ2) is 6.26. The van der Waals surface area contributed by atoms with Crippen LogP contribution in [0.4, 0.5) is 0 Å². The Balaban J connectivity index is 1.42. The second-order valence-corrected chi connectivity index (χ2v) is 7.98. The molecule has 3 atom stereocenters. The molecule has 2 aromatic rings. The average Bonchev–Trinajstić information content (AvgIpc) is 3.37. The van der Waals surface area contributed by atoms with E-state index in [1.165, 1.54) is 0 Å². The molecular formula is C22H22N4O2. The van der Waals surface area contributed by atoms with Gasteiger partial charge >= 0.3 is 0 Å². The van der Waals surface area contributed by atoms with Crippen molar-refractivity contribution in [2.45, 2.75) is 25.3 Å². The van der Waals surface area contributed by atoms with Crippen LogP contribution in [0.1, 0.15) is 34.6 Å². The van der Waals surface area contributed by atoms with E-state index in [9.17, 15) is 9.59 Å². The van der Waals surface area contributed by atoms with Gasteiger partial charge in [0.25, 0.3) is 11.8 Å². The molecular weight excluding hydrogens is 352 g/mol. The molecule has 5 rings (SSSR count). The number of amidine groups is 1. The molecule has 1 spiro atoms. The topological polar surface area (TPSA) is 74.7 Å². The summed E-state index contributed by atoms with van der Waals surface area (Å²) in [6, 6.07) is 15.2. The van der Waals surface area contributed by atoms with Gasteiger partial charge in [-0.3, -0.25) is 14.6 Å². The molecule has 6 heteroatoms. The molecule has 1 saturated carbocycles. The van der Waals surface area contributed by atoms with Crippen LogP contribution in [0.3, 0.4) is 0 Å². The highest BCUT2D eigenvalue weighted by Gasteiger charge is 2.59.